The number of hydrogen-bond donors (Lipinski definition) is 2. The Bertz CT molecular complexity index is 1440. The average Bonchev–Trinajstić information content (AvgIpc) is 3.48. The van der Waals surface area contributed by atoms with E-state index in [1.165, 1.54) is 19.3 Å². The third-order valence-electron chi connectivity index (χ3n) is 11.8. The minimum absolute atomic E-state index is 0.148. The van der Waals surface area contributed by atoms with E-state index in [0.717, 1.165) is 43.2 Å². The first-order valence-electron chi connectivity index (χ1n) is 16.7. The zero-order valence-electron chi connectivity index (χ0n) is 25.4. The number of carbonyl (C=O) groups is 2. The van der Waals surface area contributed by atoms with Gasteiger partial charge in [-0.1, -0.05) is 74.4 Å². The van der Waals surface area contributed by atoms with Gasteiger partial charge in [0.25, 0.3) is 0 Å². The molecule has 2 saturated carbocycles. The number of rotatable bonds is 9. The van der Waals surface area contributed by atoms with Crippen molar-refractivity contribution in [3.8, 4) is 0 Å². The number of hydrogen-bond acceptors (Lipinski definition) is 6. The standard InChI is InChI=1S/C37H45NO5/c1-2-11-30-35-21-5-6-22-36(35,37(30)28-19-8-16-26(17-10-23-38)31(28)33(40)43-37)32(42-34(35)41)29(39)20-9-15-25-14-7-13-24-12-3-4-18-27(24)25/h3-5,8,12,16,18-19,21,24-25,27,30,39H,2,6-7,9-11,13-15,17,20,22-23,38H2,1H3. The molecule has 2 aliphatic heterocycles. The largest absolute Gasteiger partial charge is 0.509 e. The van der Waals surface area contributed by atoms with Crippen LogP contribution < -0.4 is 5.73 Å². The average molecular weight is 584 g/mol. The second-order valence-corrected chi connectivity index (χ2v) is 13.7. The predicted octanol–water partition coefficient (Wildman–Crippen LogP) is 7.35. The van der Waals surface area contributed by atoms with Crippen molar-refractivity contribution in [1.82, 2.24) is 0 Å². The van der Waals surface area contributed by atoms with Crippen molar-refractivity contribution in [2.75, 3.05) is 6.54 Å². The lowest BCUT2D eigenvalue weighted by atomic mass is 9.32. The molecule has 3 fully saturated rings. The van der Waals surface area contributed by atoms with Crippen molar-refractivity contribution in [3.05, 3.63) is 82.9 Å². The number of benzene rings is 1. The van der Waals surface area contributed by atoms with E-state index in [1.54, 1.807) is 0 Å². The molecule has 6 nitrogen and oxygen atoms in total. The van der Waals surface area contributed by atoms with Gasteiger partial charge in [0.1, 0.15) is 11.2 Å². The molecule has 7 atom stereocenters. The molecular formula is C37H45NO5. The third kappa shape index (κ3) is 3.74. The number of esters is 2. The summed E-state index contributed by atoms with van der Waals surface area (Å²) < 4.78 is 12.8. The zero-order valence-corrected chi connectivity index (χ0v) is 25.4. The first kappa shape index (κ1) is 28.6. The molecule has 4 aliphatic carbocycles. The van der Waals surface area contributed by atoms with E-state index in [0.29, 0.717) is 61.3 Å². The molecule has 7 rings (SSSR count). The first-order chi connectivity index (χ1) is 21.0. The summed E-state index contributed by atoms with van der Waals surface area (Å²) in [6, 6.07) is 6.00. The van der Waals surface area contributed by atoms with Gasteiger partial charge in [0.2, 0.25) is 0 Å². The van der Waals surface area contributed by atoms with Gasteiger partial charge < -0.3 is 20.3 Å². The number of ether oxygens (including phenoxy) is 2. The Balaban J connectivity index is 1.27. The third-order valence-corrected chi connectivity index (χ3v) is 11.8. The molecule has 6 heteroatoms. The smallest absolute Gasteiger partial charge is 0.339 e. The molecule has 1 spiro atoms. The molecule has 1 saturated heterocycles. The summed E-state index contributed by atoms with van der Waals surface area (Å²) in [5.41, 5.74) is 5.30. The monoisotopic (exact) mass is 583 g/mol. The summed E-state index contributed by atoms with van der Waals surface area (Å²) in [5, 5.41) is 11.8. The molecule has 7 unspecified atom stereocenters. The van der Waals surface area contributed by atoms with Gasteiger partial charge in [-0.3, -0.25) is 4.79 Å². The Kier molecular flexibility index (Phi) is 7.19. The fourth-order valence-corrected chi connectivity index (χ4v) is 10.2. The maximum Gasteiger partial charge on any atom is 0.339 e. The molecule has 3 N–H and O–H groups in total. The summed E-state index contributed by atoms with van der Waals surface area (Å²) in [7, 11) is 0. The Morgan fingerprint density at radius 2 is 1.98 bits per heavy atom. The normalized spacial score (nSPS) is 37.7. The highest BCUT2D eigenvalue weighted by Gasteiger charge is 2.91. The Labute approximate surface area is 255 Å². The topological polar surface area (TPSA) is 98.9 Å². The Morgan fingerprint density at radius 3 is 2.81 bits per heavy atom. The van der Waals surface area contributed by atoms with E-state index in [1.807, 2.05) is 24.3 Å². The SMILES string of the molecule is CCCC1C23C=CCCC2(C(=C(O)CCCC2CCCC4C=CC=CC42)OC3=O)C12OC(=O)c1c(CCCN)cccc12. The lowest BCUT2D eigenvalue weighted by molar-refractivity contribution is -0.271. The van der Waals surface area contributed by atoms with Crippen LogP contribution in [-0.2, 0) is 26.3 Å². The van der Waals surface area contributed by atoms with E-state index in [4.69, 9.17) is 15.2 Å². The van der Waals surface area contributed by atoms with Crippen LogP contribution in [0.4, 0.5) is 0 Å². The van der Waals surface area contributed by atoms with Crippen LogP contribution >= 0.6 is 0 Å². The second-order valence-electron chi connectivity index (χ2n) is 13.7. The van der Waals surface area contributed by atoms with E-state index in [9.17, 15) is 14.7 Å². The molecule has 0 bridgehead atoms. The number of allylic oxidation sites excluding steroid dienone is 6. The zero-order chi connectivity index (χ0) is 29.8. The van der Waals surface area contributed by atoms with Gasteiger partial charge in [-0.05, 0) is 87.6 Å². The van der Waals surface area contributed by atoms with Crippen molar-refractivity contribution in [2.45, 2.75) is 89.6 Å². The van der Waals surface area contributed by atoms with E-state index in [2.05, 4.69) is 37.3 Å². The van der Waals surface area contributed by atoms with Crippen molar-refractivity contribution in [2.24, 2.45) is 40.2 Å². The number of cyclic esters (lactones) is 1. The molecule has 6 aliphatic rings. The molecule has 228 valence electrons. The molecule has 0 radical (unpaired) electrons. The Hall–Kier alpha value is -3.12. The van der Waals surface area contributed by atoms with Crippen molar-refractivity contribution in [3.63, 3.8) is 0 Å². The lowest BCUT2D eigenvalue weighted by Gasteiger charge is -2.68. The number of nitrogens with two attached hydrogens (primary N) is 1. The van der Waals surface area contributed by atoms with E-state index < -0.39 is 16.4 Å². The molecule has 2 heterocycles. The van der Waals surface area contributed by atoms with Crippen LogP contribution in [0.2, 0.25) is 0 Å². The highest BCUT2D eigenvalue weighted by molar-refractivity contribution is 5.99. The summed E-state index contributed by atoms with van der Waals surface area (Å²) in [5.74, 6) is 1.38. The van der Waals surface area contributed by atoms with E-state index in [-0.39, 0.29) is 23.6 Å². The lowest BCUT2D eigenvalue weighted by Crippen LogP contribution is -2.75. The fraction of sp³-hybridized carbons (Fsp3) is 0.568. The van der Waals surface area contributed by atoms with Crippen LogP contribution in [0, 0.1) is 34.5 Å². The minimum Gasteiger partial charge on any atom is -0.509 e. The molecule has 1 aromatic rings. The van der Waals surface area contributed by atoms with Gasteiger partial charge in [0.15, 0.2) is 11.4 Å². The molecule has 43 heavy (non-hydrogen) atoms. The summed E-state index contributed by atoms with van der Waals surface area (Å²) in [4.78, 5) is 27.8. The first-order valence-corrected chi connectivity index (χ1v) is 16.7. The predicted molar refractivity (Wildman–Crippen MR) is 165 cm³/mol. The van der Waals surface area contributed by atoms with Crippen LogP contribution in [0.25, 0.3) is 0 Å². The molecule has 0 amide bonds. The van der Waals surface area contributed by atoms with Gasteiger partial charge in [-0.25, -0.2) is 4.79 Å². The summed E-state index contributed by atoms with van der Waals surface area (Å²) in [6.07, 6.45) is 23.5. The molecule has 1 aromatic carbocycles. The number of carbonyl (C=O) groups excluding carboxylic acids is 2. The highest BCUT2D eigenvalue weighted by Crippen LogP contribution is 2.84. The number of fused-ring (bicyclic) bond motifs is 3. The van der Waals surface area contributed by atoms with Gasteiger partial charge in [-0.2, -0.15) is 0 Å². The van der Waals surface area contributed by atoms with Crippen LogP contribution in [0.1, 0.15) is 99.0 Å². The van der Waals surface area contributed by atoms with Crippen molar-refractivity contribution in [1.29, 1.82) is 0 Å². The minimum atomic E-state index is -1.05. The number of aryl methyl sites for hydroxylation is 1. The molecule has 0 aromatic heterocycles. The van der Waals surface area contributed by atoms with Gasteiger partial charge in [0.05, 0.1) is 11.0 Å². The number of aliphatic hydroxyl groups excluding tert-OH is 1. The van der Waals surface area contributed by atoms with Crippen LogP contribution in [0.15, 0.2) is 66.2 Å². The maximum atomic E-state index is 14.0. The van der Waals surface area contributed by atoms with E-state index >= 15 is 0 Å². The Morgan fingerprint density at radius 1 is 1.12 bits per heavy atom. The van der Waals surface area contributed by atoms with Crippen molar-refractivity contribution >= 4 is 11.9 Å². The van der Waals surface area contributed by atoms with Crippen molar-refractivity contribution < 1.29 is 24.2 Å². The van der Waals surface area contributed by atoms with Crippen LogP contribution in [-0.4, -0.2) is 23.6 Å². The number of aliphatic hydroxyl groups is 1. The van der Waals surface area contributed by atoms with Gasteiger partial charge in [0, 0.05) is 17.9 Å². The van der Waals surface area contributed by atoms with Crippen LogP contribution in [0.5, 0.6) is 0 Å². The summed E-state index contributed by atoms with van der Waals surface area (Å²) >= 11 is 0. The van der Waals surface area contributed by atoms with Gasteiger partial charge in [-0.15, -0.1) is 0 Å². The second kappa shape index (κ2) is 10.8. The summed E-state index contributed by atoms with van der Waals surface area (Å²) in [6.45, 7) is 2.65. The fourth-order valence-electron chi connectivity index (χ4n) is 10.2. The maximum absolute atomic E-state index is 14.0. The van der Waals surface area contributed by atoms with Crippen LogP contribution in [0.3, 0.4) is 0 Å². The van der Waals surface area contributed by atoms with Gasteiger partial charge >= 0.3 is 11.9 Å². The highest BCUT2D eigenvalue weighted by atomic mass is 16.6. The molecular weight excluding hydrogens is 538 g/mol. The quantitative estimate of drug-likeness (QED) is 0.179.